The maximum atomic E-state index is 12.7. The monoisotopic (exact) mass is 326 g/mol. The lowest BCUT2D eigenvalue weighted by Crippen LogP contribution is -2.52. The summed E-state index contributed by atoms with van der Waals surface area (Å²) in [6.07, 6.45) is 0.924. The number of hydrogen-bond donors (Lipinski definition) is 1. The van der Waals surface area contributed by atoms with Crippen LogP contribution in [-0.2, 0) is 22.7 Å². The maximum absolute atomic E-state index is 12.7. The van der Waals surface area contributed by atoms with Gasteiger partial charge in [0.25, 0.3) is 0 Å². The smallest absolute Gasteiger partial charge is 0.243 e. The number of carbonyl (C=O) groups is 2. The van der Waals surface area contributed by atoms with Gasteiger partial charge in [0, 0.05) is 19.0 Å². The SMILES string of the molecule is CCC(C(=O)NCc1ccccc1)N1C(=O)CCn2nc(C)cc21. The van der Waals surface area contributed by atoms with Crippen molar-refractivity contribution in [2.24, 2.45) is 0 Å². The van der Waals surface area contributed by atoms with Gasteiger partial charge >= 0.3 is 0 Å². The Morgan fingerprint density at radius 1 is 1.33 bits per heavy atom. The van der Waals surface area contributed by atoms with Crippen LogP contribution in [0.2, 0.25) is 0 Å². The molecule has 24 heavy (non-hydrogen) atoms. The highest BCUT2D eigenvalue weighted by atomic mass is 16.2. The number of hydrogen-bond acceptors (Lipinski definition) is 3. The Kier molecular flexibility index (Phi) is 4.64. The zero-order chi connectivity index (χ0) is 17.1. The molecule has 2 aromatic rings. The number of nitrogens with one attached hydrogen (secondary N) is 1. The maximum Gasteiger partial charge on any atom is 0.243 e. The van der Waals surface area contributed by atoms with Crippen LogP contribution in [0.1, 0.15) is 31.0 Å². The van der Waals surface area contributed by atoms with Crippen molar-refractivity contribution in [3.8, 4) is 0 Å². The lowest BCUT2D eigenvalue weighted by Gasteiger charge is -2.33. The minimum atomic E-state index is -0.517. The Hall–Kier alpha value is -2.63. The van der Waals surface area contributed by atoms with E-state index in [1.54, 1.807) is 4.90 Å². The average molecular weight is 326 g/mol. The van der Waals surface area contributed by atoms with Gasteiger partial charge in [-0.1, -0.05) is 37.3 Å². The normalized spacial score (nSPS) is 15.1. The highest BCUT2D eigenvalue weighted by molar-refractivity contribution is 6.00. The number of carbonyl (C=O) groups excluding carboxylic acids is 2. The van der Waals surface area contributed by atoms with Crippen molar-refractivity contribution in [2.45, 2.75) is 45.8 Å². The molecule has 126 valence electrons. The number of aryl methyl sites for hydroxylation is 2. The Labute approximate surface area is 141 Å². The molecule has 1 aromatic carbocycles. The van der Waals surface area contributed by atoms with Crippen molar-refractivity contribution >= 4 is 17.6 Å². The highest BCUT2D eigenvalue weighted by Crippen LogP contribution is 2.26. The summed E-state index contributed by atoms with van der Waals surface area (Å²) in [6.45, 7) is 4.84. The minimum Gasteiger partial charge on any atom is -0.350 e. The van der Waals surface area contributed by atoms with Crippen LogP contribution in [0, 0.1) is 6.92 Å². The van der Waals surface area contributed by atoms with Crippen LogP contribution in [0.4, 0.5) is 5.82 Å². The van der Waals surface area contributed by atoms with E-state index in [2.05, 4.69) is 10.4 Å². The van der Waals surface area contributed by atoms with E-state index in [0.29, 0.717) is 31.7 Å². The van der Waals surface area contributed by atoms with Crippen LogP contribution in [0.15, 0.2) is 36.4 Å². The minimum absolute atomic E-state index is 0.0240. The molecule has 0 aliphatic carbocycles. The van der Waals surface area contributed by atoms with E-state index in [-0.39, 0.29) is 11.8 Å². The van der Waals surface area contributed by atoms with Crippen LogP contribution in [0.5, 0.6) is 0 Å². The molecule has 0 saturated carbocycles. The van der Waals surface area contributed by atoms with Gasteiger partial charge in [-0.05, 0) is 18.9 Å². The van der Waals surface area contributed by atoms with Crippen molar-refractivity contribution in [1.29, 1.82) is 0 Å². The van der Waals surface area contributed by atoms with Gasteiger partial charge in [-0.15, -0.1) is 0 Å². The third-order valence-corrected chi connectivity index (χ3v) is 4.24. The molecule has 0 saturated heterocycles. The van der Waals surface area contributed by atoms with Crippen LogP contribution >= 0.6 is 0 Å². The van der Waals surface area contributed by atoms with Crippen molar-refractivity contribution in [3.63, 3.8) is 0 Å². The summed E-state index contributed by atoms with van der Waals surface area (Å²) in [4.78, 5) is 26.7. The number of rotatable bonds is 5. The molecule has 0 radical (unpaired) electrons. The third-order valence-electron chi connectivity index (χ3n) is 4.24. The number of fused-ring (bicyclic) bond motifs is 1. The van der Waals surface area contributed by atoms with Gasteiger partial charge in [0.05, 0.1) is 12.2 Å². The zero-order valence-electron chi connectivity index (χ0n) is 14.0. The van der Waals surface area contributed by atoms with E-state index in [0.717, 1.165) is 11.3 Å². The average Bonchev–Trinajstić information content (AvgIpc) is 2.97. The fourth-order valence-corrected chi connectivity index (χ4v) is 3.06. The first-order valence-electron chi connectivity index (χ1n) is 8.28. The lowest BCUT2D eigenvalue weighted by atomic mass is 10.1. The van der Waals surface area contributed by atoms with Crippen LogP contribution in [-0.4, -0.2) is 27.6 Å². The first-order chi connectivity index (χ1) is 11.6. The second-order valence-electron chi connectivity index (χ2n) is 6.01. The molecule has 3 rings (SSSR count). The number of nitrogens with zero attached hydrogens (tertiary/aromatic N) is 3. The third kappa shape index (κ3) is 3.18. The van der Waals surface area contributed by atoms with Crippen molar-refractivity contribution < 1.29 is 9.59 Å². The van der Waals surface area contributed by atoms with E-state index in [4.69, 9.17) is 0 Å². The first kappa shape index (κ1) is 16.2. The number of aromatic nitrogens is 2. The summed E-state index contributed by atoms with van der Waals surface area (Å²) in [5, 5.41) is 7.34. The molecule has 6 heteroatoms. The standard InChI is InChI=1S/C18H22N4O2/c1-3-15(18(24)19-12-14-7-5-4-6-8-14)22-16-11-13(2)20-21(16)10-9-17(22)23/h4-8,11,15H,3,9-10,12H2,1-2H3,(H,19,24). The van der Waals surface area contributed by atoms with E-state index in [1.807, 2.05) is 54.9 Å². The van der Waals surface area contributed by atoms with Crippen LogP contribution in [0.25, 0.3) is 0 Å². The van der Waals surface area contributed by atoms with Gasteiger partial charge in [-0.25, -0.2) is 4.68 Å². The molecule has 2 heterocycles. The van der Waals surface area contributed by atoms with Gasteiger partial charge in [-0.2, -0.15) is 5.10 Å². The molecule has 6 nitrogen and oxygen atoms in total. The van der Waals surface area contributed by atoms with E-state index in [1.165, 1.54) is 0 Å². The molecule has 1 aliphatic rings. The zero-order valence-corrected chi connectivity index (χ0v) is 14.0. The van der Waals surface area contributed by atoms with E-state index >= 15 is 0 Å². The Balaban J connectivity index is 1.77. The summed E-state index contributed by atoms with van der Waals surface area (Å²) in [5.74, 6) is 0.552. The summed E-state index contributed by atoms with van der Waals surface area (Å²) < 4.78 is 1.81. The summed E-state index contributed by atoms with van der Waals surface area (Å²) >= 11 is 0. The second kappa shape index (κ2) is 6.86. The van der Waals surface area contributed by atoms with E-state index < -0.39 is 6.04 Å². The molecule has 1 unspecified atom stereocenters. The summed E-state index contributed by atoms with van der Waals surface area (Å²) in [6, 6.07) is 11.1. The molecule has 0 spiro atoms. The molecule has 2 amide bonds. The molecule has 1 atom stereocenters. The molecular formula is C18H22N4O2. The van der Waals surface area contributed by atoms with Gasteiger partial charge in [0.1, 0.15) is 11.9 Å². The van der Waals surface area contributed by atoms with Gasteiger partial charge < -0.3 is 5.32 Å². The lowest BCUT2D eigenvalue weighted by molar-refractivity contribution is -0.127. The predicted molar refractivity (Wildman–Crippen MR) is 91.4 cm³/mol. The van der Waals surface area contributed by atoms with Gasteiger partial charge in [0.2, 0.25) is 11.8 Å². The van der Waals surface area contributed by atoms with Crippen molar-refractivity contribution in [2.75, 3.05) is 4.90 Å². The number of anilines is 1. The Bertz CT molecular complexity index is 739. The van der Waals surface area contributed by atoms with Gasteiger partial charge in [0.15, 0.2) is 0 Å². The highest BCUT2D eigenvalue weighted by Gasteiger charge is 2.34. The summed E-state index contributed by atoms with van der Waals surface area (Å²) in [5.41, 5.74) is 1.89. The molecule has 1 aliphatic heterocycles. The quantitative estimate of drug-likeness (QED) is 0.914. The van der Waals surface area contributed by atoms with E-state index in [9.17, 15) is 9.59 Å². The largest absolute Gasteiger partial charge is 0.350 e. The second-order valence-corrected chi connectivity index (χ2v) is 6.01. The Morgan fingerprint density at radius 3 is 2.79 bits per heavy atom. The fraction of sp³-hybridized carbons (Fsp3) is 0.389. The van der Waals surface area contributed by atoms with Gasteiger partial charge in [-0.3, -0.25) is 14.5 Å². The van der Waals surface area contributed by atoms with Crippen molar-refractivity contribution in [3.05, 3.63) is 47.7 Å². The Morgan fingerprint density at radius 2 is 2.08 bits per heavy atom. The number of benzene rings is 1. The first-order valence-corrected chi connectivity index (χ1v) is 8.28. The number of amides is 2. The summed E-state index contributed by atoms with van der Waals surface area (Å²) in [7, 11) is 0. The molecular weight excluding hydrogens is 304 g/mol. The molecule has 0 bridgehead atoms. The fourth-order valence-electron chi connectivity index (χ4n) is 3.06. The van der Waals surface area contributed by atoms with Crippen molar-refractivity contribution in [1.82, 2.24) is 15.1 Å². The molecule has 1 aromatic heterocycles. The van der Waals surface area contributed by atoms with Crippen LogP contribution in [0.3, 0.4) is 0 Å². The molecule has 0 fully saturated rings. The van der Waals surface area contributed by atoms with Crippen LogP contribution < -0.4 is 10.2 Å². The molecule has 1 N–H and O–H groups in total. The predicted octanol–water partition coefficient (Wildman–Crippen LogP) is 2.02. The topological polar surface area (TPSA) is 67.2 Å².